The average Bonchev–Trinajstić information content (AvgIpc) is 2.17. The molecule has 1 aromatic rings. The molecule has 0 fully saturated rings. The van der Waals surface area contributed by atoms with Crippen LogP contribution in [0, 0.1) is 0 Å². The third-order valence-electron chi connectivity index (χ3n) is 2.04. The Morgan fingerprint density at radius 3 is 2.93 bits per heavy atom. The zero-order valence-corrected chi connectivity index (χ0v) is 8.99. The highest BCUT2D eigenvalue weighted by atomic mass is 16.5. The average molecular weight is 208 g/mol. The van der Waals surface area contributed by atoms with Gasteiger partial charge in [-0.1, -0.05) is 12.1 Å². The summed E-state index contributed by atoms with van der Waals surface area (Å²) in [5.41, 5.74) is 7.48. The van der Waals surface area contributed by atoms with Crippen LogP contribution in [0.3, 0.4) is 0 Å². The van der Waals surface area contributed by atoms with Crippen molar-refractivity contribution < 1.29 is 9.53 Å². The number of rotatable bonds is 3. The second-order valence-electron chi connectivity index (χ2n) is 3.49. The molecule has 0 aromatic heterocycles. The number of nitrogens with one attached hydrogen (secondary N) is 1. The number of carbonyl (C=O) groups excluding carboxylic acids is 1. The van der Waals surface area contributed by atoms with Gasteiger partial charge >= 0.3 is 6.09 Å². The molecular weight excluding hydrogens is 192 g/mol. The Balaban J connectivity index is 2.51. The summed E-state index contributed by atoms with van der Waals surface area (Å²) in [5, 5.41) is 2.70. The number of methoxy groups -OCH3 is 1. The van der Waals surface area contributed by atoms with Crippen LogP contribution in [0.5, 0.6) is 0 Å². The molecule has 0 aliphatic carbocycles. The van der Waals surface area contributed by atoms with Crippen molar-refractivity contribution in [3.05, 3.63) is 29.8 Å². The normalized spacial score (nSPS) is 11.9. The van der Waals surface area contributed by atoms with Crippen molar-refractivity contribution in [1.29, 1.82) is 0 Å². The number of nitrogens with two attached hydrogens (primary N) is 1. The van der Waals surface area contributed by atoms with E-state index < -0.39 is 6.09 Å². The predicted octanol–water partition coefficient (Wildman–Crippen LogP) is 1.56. The second kappa shape index (κ2) is 5.24. The van der Waals surface area contributed by atoms with Gasteiger partial charge in [-0.15, -0.1) is 0 Å². The summed E-state index contributed by atoms with van der Waals surface area (Å²) in [6.07, 6.45) is 0.326. The van der Waals surface area contributed by atoms with E-state index in [0.717, 1.165) is 17.7 Å². The maximum Gasteiger partial charge on any atom is 0.407 e. The van der Waals surface area contributed by atoms with E-state index in [1.54, 1.807) is 0 Å². The highest BCUT2D eigenvalue weighted by Gasteiger charge is 2.07. The third kappa shape index (κ3) is 3.89. The number of hydrogen-bond acceptors (Lipinski definition) is 3. The molecule has 0 aliphatic rings. The van der Waals surface area contributed by atoms with E-state index in [1.165, 1.54) is 7.11 Å². The number of carbonyl (C=O) groups is 1. The van der Waals surface area contributed by atoms with Gasteiger partial charge in [0.1, 0.15) is 0 Å². The molecule has 0 spiro atoms. The first-order valence-electron chi connectivity index (χ1n) is 4.80. The summed E-state index contributed by atoms with van der Waals surface area (Å²) in [5.74, 6) is 0. The maximum absolute atomic E-state index is 10.9. The lowest BCUT2D eigenvalue weighted by molar-refractivity contribution is 0.167. The Labute approximate surface area is 89.4 Å². The number of alkyl carbamates (subject to hydrolysis) is 1. The van der Waals surface area contributed by atoms with E-state index in [2.05, 4.69) is 10.1 Å². The molecule has 0 saturated heterocycles. The number of benzene rings is 1. The van der Waals surface area contributed by atoms with E-state index in [4.69, 9.17) is 5.73 Å². The van der Waals surface area contributed by atoms with Crippen LogP contribution in [0.25, 0.3) is 0 Å². The summed E-state index contributed by atoms with van der Waals surface area (Å²) in [7, 11) is 1.35. The van der Waals surface area contributed by atoms with Gasteiger partial charge in [0.05, 0.1) is 7.11 Å². The van der Waals surface area contributed by atoms with Gasteiger partial charge in [-0.3, -0.25) is 0 Å². The lowest BCUT2D eigenvalue weighted by Gasteiger charge is -2.12. The molecule has 82 valence electrons. The molecule has 0 aliphatic heterocycles. The Hall–Kier alpha value is -1.71. The van der Waals surface area contributed by atoms with Gasteiger partial charge in [0.2, 0.25) is 0 Å². The quantitative estimate of drug-likeness (QED) is 0.741. The summed E-state index contributed by atoms with van der Waals surface area (Å²) in [6.45, 7) is 1.92. The standard InChI is InChI=1S/C11H16N2O2/c1-8(13-11(14)15-2)6-9-4-3-5-10(12)7-9/h3-5,7-8H,6,12H2,1-2H3,(H,13,14). The summed E-state index contributed by atoms with van der Waals surface area (Å²) >= 11 is 0. The fraction of sp³-hybridized carbons (Fsp3) is 0.364. The van der Waals surface area contributed by atoms with Gasteiger partial charge in [-0.05, 0) is 31.0 Å². The number of anilines is 1. The van der Waals surface area contributed by atoms with Crippen molar-refractivity contribution in [2.45, 2.75) is 19.4 Å². The van der Waals surface area contributed by atoms with Gasteiger partial charge in [0, 0.05) is 11.7 Å². The molecule has 15 heavy (non-hydrogen) atoms. The van der Waals surface area contributed by atoms with Crippen molar-refractivity contribution in [3.63, 3.8) is 0 Å². The van der Waals surface area contributed by atoms with Crippen LogP contribution < -0.4 is 11.1 Å². The fourth-order valence-corrected chi connectivity index (χ4v) is 1.38. The van der Waals surface area contributed by atoms with Crippen molar-refractivity contribution >= 4 is 11.8 Å². The lowest BCUT2D eigenvalue weighted by atomic mass is 10.1. The van der Waals surface area contributed by atoms with Crippen molar-refractivity contribution in [3.8, 4) is 0 Å². The molecule has 1 unspecified atom stereocenters. The monoisotopic (exact) mass is 208 g/mol. The van der Waals surface area contributed by atoms with Gasteiger partial charge in [0.25, 0.3) is 0 Å². The zero-order chi connectivity index (χ0) is 11.3. The van der Waals surface area contributed by atoms with E-state index >= 15 is 0 Å². The van der Waals surface area contributed by atoms with Crippen LogP contribution in [-0.2, 0) is 11.2 Å². The van der Waals surface area contributed by atoms with Crippen LogP contribution >= 0.6 is 0 Å². The highest BCUT2D eigenvalue weighted by molar-refractivity contribution is 5.67. The van der Waals surface area contributed by atoms with Gasteiger partial charge in [-0.25, -0.2) is 4.79 Å². The van der Waals surface area contributed by atoms with Crippen molar-refractivity contribution in [1.82, 2.24) is 5.32 Å². The lowest BCUT2D eigenvalue weighted by Crippen LogP contribution is -2.33. The Morgan fingerprint density at radius 1 is 1.60 bits per heavy atom. The van der Waals surface area contributed by atoms with Crippen molar-refractivity contribution in [2.75, 3.05) is 12.8 Å². The van der Waals surface area contributed by atoms with Crippen LogP contribution in [-0.4, -0.2) is 19.2 Å². The Kier molecular flexibility index (Phi) is 3.97. The third-order valence-corrected chi connectivity index (χ3v) is 2.04. The molecule has 4 nitrogen and oxygen atoms in total. The Bertz CT molecular complexity index is 339. The molecule has 0 saturated carbocycles. The Morgan fingerprint density at radius 2 is 2.33 bits per heavy atom. The van der Waals surface area contributed by atoms with E-state index in [-0.39, 0.29) is 6.04 Å². The van der Waals surface area contributed by atoms with E-state index in [1.807, 2.05) is 31.2 Å². The van der Waals surface area contributed by atoms with Crippen molar-refractivity contribution in [2.24, 2.45) is 0 Å². The molecule has 1 amide bonds. The van der Waals surface area contributed by atoms with E-state index in [0.29, 0.717) is 0 Å². The summed E-state index contributed by atoms with van der Waals surface area (Å²) in [6, 6.07) is 7.64. The predicted molar refractivity (Wildman–Crippen MR) is 59.6 cm³/mol. The first-order chi connectivity index (χ1) is 7.11. The minimum absolute atomic E-state index is 0.0271. The molecule has 0 bridgehead atoms. The molecular formula is C11H16N2O2. The van der Waals surface area contributed by atoms with Gasteiger partial charge in [-0.2, -0.15) is 0 Å². The molecule has 1 atom stereocenters. The fourth-order valence-electron chi connectivity index (χ4n) is 1.38. The molecule has 0 heterocycles. The van der Waals surface area contributed by atoms with Crippen LogP contribution in [0.4, 0.5) is 10.5 Å². The minimum atomic E-state index is -0.411. The topological polar surface area (TPSA) is 64.3 Å². The molecule has 1 aromatic carbocycles. The largest absolute Gasteiger partial charge is 0.453 e. The van der Waals surface area contributed by atoms with Crippen LogP contribution in [0.1, 0.15) is 12.5 Å². The number of amides is 1. The van der Waals surface area contributed by atoms with Crippen LogP contribution in [0.2, 0.25) is 0 Å². The van der Waals surface area contributed by atoms with Gasteiger partial charge < -0.3 is 15.8 Å². The summed E-state index contributed by atoms with van der Waals surface area (Å²) in [4.78, 5) is 10.9. The van der Waals surface area contributed by atoms with Gasteiger partial charge in [0.15, 0.2) is 0 Å². The number of ether oxygens (including phenoxy) is 1. The smallest absolute Gasteiger partial charge is 0.407 e. The second-order valence-corrected chi connectivity index (χ2v) is 3.49. The zero-order valence-electron chi connectivity index (χ0n) is 8.99. The highest BCUT2D eigenvalue weighted by Crippen LogP contribution is 2.08. The molecule has 3 N–H and O–H groups in total. The summed E-state index contributed by atoms with van der Waals surface area (Å²) < 4.78 is 4.51. The number of hydrogen-bond donors (Lipinski definition) is 2. The van der Waals surface area contributed by atoms with E-state index in [9.17, 15) is 4.79 Å². The molecule has 1 rings (SSSR count). The molecule has 4 heteroatoms. The minimum Gasteiger partial charge on any atom is -0.453 e. The SMILES string of the molecule is COC(=O)NC(C)Cc1cccc(N)c1. The first-order valence-corrected chi connectivity index (χ1v) is 4.80. The number of nitrogen functional groups attached to an aromatic ring is 1. The first kappa shape index (κ1) is 11.4. The van der Waals surface area contributed by atoms with Crippen LogP contribution in [0.15, 0.2) is 24.3 Å². The maximum atomic E-state index is 10.9. The molecule has 0 radical (unpaired) electrons.